The standard InChI is InChI=1S/C4H3O4.2Na/c5-3-7-1-2-8-4-6;;/h1H,2H2;;/q-2;2*+1. The van der Waals surface area contributed by atoms with Crippen LogP contribution in [0, 0.1) is 6.61 Å². The molecule has 0 aromatic carbocycles. The fourth-order valence-electron chi connectivity index (χ4n) is 0.136. The van der Waals surface area contributed by atoms with Crippen molar-refractivity contribution < 1.29 is 78.2 Å². The van der Waals surface area contributed by atoms with Crippen molar-refractivity contribution in [3.05, 3.63) is 6.61 Å². The molecule has 6 heteroatoms. The summed E-state index contributed by atoms with van der Waals surface area (Å²) in [6.45, 7) is 3.15. The van der Waals surface area contributed by atoms with Gasteiger partial charge >= 0.3 is 59.1 Å². The van der Waals surface area contributed by atoms with Gasteiger partial charge < -0.3 is 19.1 Å². The molecule has 0 rings (SSSR count). The van der Waals surface area contributed by atoms with Crippen molar-refractivity contribution in [2.24, 2.45) is 0 Å². The third-order valence-electron chi connectivity index (χ3n) is 0.342. The number of hydrogen-bond acceptors (Lipinski definition) is 4. The maximum atomic E-state index is 9.25. The van der Waals surface area contributed by atoms with Gasteiger partial charge in [-0.15, -0.1) is 0 Å². The Morgan fingerprint density at radius 3 is 2.20 bits per heavy atom. The maximum absolute atomic E-state index is 9.25. The second kappa shape index (κ2) is 16.5. The van der Waals surface area contributed by atoms with Gasteiger partial charge in [-0.25, -0.2) is 0 Å². The van der Waals surface area contributed by atoms with E-state index in [2.05, 4.69) is 9.47 Å². The first-order valence-corrected chi connectivity index (χ1v) is 1.75. The molecule has 0 amide bonds. The molecular formula is C4H3Na2O4. The zero-order valence-electron chi connectivity index (χ0n) is 5.92. The van der Waals surface area contributed by atoms with Crippen LogP contribution in [-0.4, -0.2) is 19.6 Å². The Morgan fingerprint density at radius 2 is 1.80 bits per heavy atom. The van der Waals surface area contributed by atoms with Crippen LogP contribution in [0.4, 0.5) is 0 Å². The molecule has 10 heavy (non-hydrogen) atoms. The van der Waals surface area contributed by atoms with Gasteiger partial charge in [-0.05, 0) is 0 Å². The summed E-state index contributed by atoms with van der Waals surface area (Å²) in [6.07, 6.45) is 0. The van der Waals surface area contributed by atoms with Crippen molar-refractivity contribution in [3.8, 4) is 0 Å². The Morgan fingerprint density at radius 1 is 1.20 bits per heavy atom. The van der Waals surface area contributed by atoms with Gasteiger partial charge in [-0.3, -0.25) is 0 Å². The van der Waals surface area contributed by atoms with E-state index in [-0.39, 0.29) is 65.7 Å². The SMILES string of the molecule is O=[C-]O[CH]CO[C-]=O.[Na+].[Na+]. The third-order valence-corrected chi connectivity index (χ3v) is 0.342. The molecule has 0 saturated heterocycles. The van der Waals surface area contributed by atoms with Crippen LogP contribution in [0.15, 0.2) is 0 Å². The van der Waals surface area contributed by atoms with Crippen LogP contribution in [0.2, 0.25) is 0 Å². The van der Waals surface area contributed by atoms with Crippen LogP contribution in [0.3, 0.4) is 0 Å². The van der Waals surface area contributed by atoms with Crippen LogP contribution in [0.25, 0.3) is 0 Å². The van der Waals surface area contributed by atoms with Crippen molar-refractivity contribution in [1.82, 2.24) is 0 Å². The predicted molar refractivity (Wildman–Crippen MR) is 22.7 cm³/mol. The van der Waals surface area contributed by atoms with Crippen LogP contribution in [-0.2, 0) is 19.1 Å². The summed E-state index contributed by atoms with van der Waals surface area (Å²) in [5.41, 5.74) is 0. The Bertz CT molecular complexity index is 67.7. The monoisotopic (exact) mass is 161 g/mol. The second-order valence-electron chi connectivity index (χ2n) is 0.762. The molecule has 0 unspecified atom stereocenters. The minimum absolute atomic E-state index is 0. The van der Waals surface area contributed by atoms with Crippen LogP contribution >= 0.6 is 0 Å². The number of rotatable bonds is 5. The number of hydrogen-bond donors (Lipinski definition) is 0. The topological polar surface area (TPSA) is 52.6 Å². The van der Waals surface area contributed by atoms with Crippen molar-refractivity contribution in [2.75, 3.05) is 6.61 Å². The zero-order chi connectivity index (χ0) is 6.24. The fourth-order valence-corrected chi connectivity index (χ4v) is 0.136. The molecule has 0 aromatic heterocycles. The minimum Gasteiger partial charge on any atom is -0.650 e. The first kappa shape index (κ1) is 17.1. The Balaban J connectivity index is -0.000000245. The first-order chi connectivity index (χ1) is 3.91. The Kier molecular flexibility index (Phi) is 28.3. The molecule has 45 valence electrons. The van der Waals surface area contributed by atoms with Crippen molar-refractivity contribution in [1.29, 1.82) is 0 Å². The molecule has 0 fully saturated rings. The van der Waals surface area contributed by atoms with Crippen molar-refractivity contribution in [3.63, 3.8) is 0 Å². The van der Waals surface area contributed by atoms with Gasteiger partial charge in [0.25, 0.3) is 0 Å². The molecule has 1 radical (unpaired) electrons. The van der Waals surface area contributed by atoms with E-state index in [1.165, 1.54) is 0 Å². The van der Waals surface area contributed by atoms with Crippen LogP contribution < -0.4 is 59.1 Å². The summed E-state index contributed by atoms with van der Waals surface area (Å²) in [7, 11) is 0. The van der Waals surface area contributed by atoms with Gasteiger partial charge in [-0.2, -0.15) is 0 Å². The number of ether oxygens (including phenoxy) is 2. The van der Waals surface area contributed by atoms with Crippen molar-refractivity contribution >= 4 is 12.9 Å². The minimum atomic E-state index is -0.0846. The van der Waals surface area contributed by atoms with E-state index in [1.807, 2.05) is 0 Å². The molecule has 0 aliphatic heterocycles. The average Bonchev–Trinajstić information content (AvgIpc) is 1.81. The van der Waals surface area contributed by atoms with Crippen molar-refractivity contribution in [2.45, 2.75) is 0 Å². The predicted octanol–water partition coefficient (Wildman–Crippen LogP) is -6.68. The van der Waals surface area contributed by atoms with Gasteiger partial charge in [0.1, 0.15) is 6.61 Å². The van der Waals surface area contributed by atoms with E-state index in [0.29, 0.717) is 0 Å². The molecule has 4 nitrogen and oxygen atoms in total. The fraction of sp³-hybridized carbons (Fsp3) is 0.250. The van der Waals surface area contributed by atoms with Crippen LogP contribution in [0.1, 0.15) is 0 Å². The van der Waals surface area contributed by atoms with E-state index < -0.39 is 0 Å². The third kappa shape index (κ3) is 16.0. The van der Waals surface area contributed by atoms with Gasteiger partial charge in [0.2, 0.25) is 0 Å². The summed E-state index contributed by atoms with van der Waals surface area (Å²) < 4.78 is 7.87. The molecule has 0 N–H and O–H groups in total. The summed E-state index contributed by atoms with van der Waals surface area (Å²) in [4.78, 5) is 18.5. The van der Waals surface area contributed by atoms with Crippen LogP contribution in [0.5, 0.6) is 0 Å². The quantitative estimate of drug-likeness (QED) is 0.228. The van der Waals surface area contributed by atoms with E-state index in [4.69, 9.17) is 0 Å². The first-order valence-electron chi connectivity index (χ1n) is 1.75. The van der Waals surface area contributed by atoms with Gasteiger partial charge in [0, 0.05) is 0 Å². The smallest absolute Gasteiger partial charge is 0.650 e. The summed E-state index contributed by atoms with van der Waals surface area (Å²) in [6, 6.07) is 0. The van der Waals surface area contributed by atoms with Gasteiger partial charge in [0.05, 0.1) is 6.61 Å². The molecule has 0 aliphatic rings. The largest absolute Gasteiger partial charge is 1.00 e. The summed E-state index contributed by atoms with van der Waals surface area (Å²) in [5.74, 6) is 0. The van der Waals surface area contributed by atoms with Gasteiger partial charge in [-0.1, -0.05) is 12.9 Å². The van der Waals surface area contributed by atoms with E-state index in [9.17, 15) is 9.59 Å². The number of carbonyl (C=O) groups excluding carboxylic acids is 2. The second-order valence-corrected chi connectivity index (χ2v) is 0.762. The molecule has 0 bridgehead atoms. The normalized spacial score (nSPS) is 6.00. The van der Waals surface area contributed by atoms with E-state index in [0.717, 1.165) is 19.6 Å². The molecule has 0 aliphatic carbocycles. The molecule has 0 atom stereocenters. The van der Waals surface area contributed by atoms with E-state index >= 15 is 0 Å². The van der Waals surface area contributed by atoms with Gasteiger partial charge in [0.15, 0.2) is 0 Å². The average molecular weight is 161 g/mol. The summed E-state index contributed by atoms with van der Waals surface area (Å²) >= 11 is 0. The molecule has 0 spiro atoms. The maximum Gasteiger partial charge on any atom is 1.00 e. The van der Waals surface area contributed by atoms with E-state index in [1.54, 1.807) is 0 Å². The molecule has 0 aromatic rings. The Hall–Kier alpha value is 0.940. The molecular weight excluding hydrogens is 158 g/mol. The molecule has 0 heterocycles. The Labute approximate surface area is 103 Å². The zero-order valence-corrected chi connectivity index (χ0v) is 9.92. The summed E-state index contributed by atoms with van der Waals surface area (Å²) in [5, 5.41) is 0. The molecule has 0 saturated carbocycles.